The van der Waals surface area contributed by atoms with E-state index in [1.165, 1.54) is 35.6 Å². The molecule has 0 aliphatic carbocycles. The predicted octanol–water partition coefficient (Wildman–Crippen LogP) is 5.93. The summed E-state index contributed by atoms with van der Waals surface area (Å²) >= 11 is 13.9. The second-order valence-electron chi connectivity index (χ2n) is 5.20. The van der Waals surface area contributed by atoms with Crippen molar-refractivity contribution >= 4 is 44.4 Å². The SMILES string of the molecule is CS(=O)(=O)c1ccc(-c2c(Cl)sc(Cl)c2-c2ccc(F)cc2)cc1. The third kappa shape index (κ3) is 3.35. The number of halogens is 3. The van der Waals surface area contributed by atoms with Gasteiger partial charge in [-0.2, -0.15) is 0 Å². The summed E-state index contributed by atoms with van der Waals surface area (Å²) in [6.07, 6.45) is 1.15. The summed E-state index contributed by atoms with van der Waals surface area (Å²) in [5.41, 5.74) is 2.90. The van der Waals surface area contributed by atoms with Crippen molar-refractivity contribution in [2.45, 2.75) is 4.90 Å². The lowest BCUT2D eigenvalue weighted by molar-refractivity contribution is 0.602. The van der Waals surface area contributed by atoms with Crippen LogP contribution < -0.4 is 0 Å². The molecule has 0 amide bonds. The van der Waals surface area contributed by atoms with Crippen LogP contribution in [0.5, 0.6) is 0 Å². The quantitative estimate of drug-likeness (QED) is 0.545. The van der Waals surface area contributed by atoms with Crippen LogP contribution in [0, 0.1) is 5.82 Å². The van der Waals surface area contributed by atoms with E-state index in [9.17, 15) is 12.8 Å². The molecule has 0 radical (unpaired) electrons. The summed E-state index contributed by atoms with van der Waals surface area (Å²) < 4.78 is 37.3. The van der Waals surface area contributed by atoms with Crippen LogP contribution in [0.3, 0.4) is 0 Å². The van der Waals surface area contributed by atoms with Gasteiger partial charge in [-0.25, -0.2) is 12.8 Å². The molecule has 0 spiro atoms. The Kier molecular flexibility index (Phi) is 4.71. The Hall–Kier alpha value is -1.40. The highest BCUT2D eigenvalue weighted by Crippen LogP contribution is 2.48. The first-order valence-corrected chi connectivity index (χ1v) is 10.3. The Labute approximate surface area is 153 Å². The highest BCUT2D eigenvalue weighted by molar-refractivity contribution is 7.90. The van der Waals surface area contributed by atoms with Gasteiger partial charge in [0, 0.05) is 17.4 Å². The smallest absolute Gasteiger partial charge is 0.175 e. The van der Waals surface area contributed by atoms with Gasteiger partial charge in [-0.3, -0.25) is 0 Å². The molecule has 124 valence electrons. The molecule has 0 aliphatic rings. The molecular formula is C17H11Cl2FO2S2. The van der Waals surface area contributed by atoms with Gasteiger partial charge in [-0.15, -0.1) is 11.3 Å². The van der Waals surface area contributed by atoms with Crippen molar-refractivity contribution in [3.63, 3.8) is 0 Å². The molecule has 0 aliphatic heterocycles. The molecule has 0 fully saturated rings. The average Bonchev–Trinajstić information content (AvgIpc) is 2.82. The van der Waals surface area contributed by atoms with Gasteiger partial charge in [0.25, 0.3) is 0 Å². The Balaban J connectivity index is 2.17. The summed E-state index contributed by atoms with van der Waals surface area (Å²) in [5, 5.41) is 0. The molecular weight excluding hydrogens is 390 g/mol. The fourth-order valence-corrected chi connectivity index (χ4v) is 4.80. The summed E-state index contributed by atoms with van der Waals surface area (Å²) in [7, 11) is -3.27. The molecule has 1 aromatic heterocycles. The van der Waals surface area contributed by atoms with Gasteiger partial charge in [-0.1, -0.05) is 47.5 Å². The van der Waals surface area contributed by atoms with Gasteiger partial charge in [0.1, 0.15) is 14.5 Å². The van der Waals surface area contributed by atoms with Crippen LogP contribution >= 0.6 is 34.5 Å². The standard InChI is InChI=1S/C17H11Cl2FO2S2/c1-24(21,22)13-8-4-11(5-9-13)15-14(16(18)23-17(15)19)10-2-6-12(20)7-3-10/h2-9H,1H3. The number of thiophene rings is 1. The zero-order chi connectivity index (χ0) is 17.5. The normalized spacial score (nSPS) is 11.7. The van der Waals surface area contributed by atoms with Gasteiger partial charge in [0.2, 0.25) is 0 Å². The first kappa shape index (κ1) is 17.4. The van der Waals surface area contributed by atoms with Gasteiger partial charge in [0.05, 0.1) is 4.90 Å². The molecule has 3 aromatic rings. The van der Waals surface area contributed by atoms with Crippen molar-refractivity contribution in [2.24, 2.45) is 0 Å². The van der Waals surface area contributed by atoms with E-state index in [4.69, 9.17) is 23.2 Å². The Morgan fingerprint density at radius 3 is 1.67 bits per heavy atom. The van der Waals surface area contributed by atoms with Gasteiger partial charge >= 0.3 is 0 Å². The van der Waals surface area contributed by atoms with Crippen LogP contribution in [-0.2, 0) is 9.84 Å². The van der Waals surface area contributed by atoms with E-state index in [1.54, 1.807) is 24.3 Å². The fraction of sp³-hybridized carbons (Fsp3) is 0.0588. The fourth-order valence-electron chi connectivity index (χ4n) is 2.38. The molecule has 0 saturated heterocycles. The van der Waals surface area contributed by atoms with Crippen molar-refractivity contribution < 1.29 is 12.8 Å². The second-order valence-corrected chi connectivity index (χ2v) is 9.44. The highest BCUT2D eigenvalue weighted by atomic mass is 35.5. The number of hydrogen-bond acceptors (Lipinski definition) is 3. The Bertz CT molecular complexity index is 992. The van der Waals surface area contributed by atoms with Crippen LogP contribution in [0.25, 0.3) is 22.3 Å². The second kappa shape index (κ2) is 6.48. The molecule has 0 N–H and O–H groups in total. The number of hydrogen-bond donors (Lipinski definition) is 0. The van der Waals surface area contributed by atoms with Gasteiger partial charge < -0.3 is 0 Å². The number of benzene rings is 2. The monoisotopic (exact) mass is 400 g/mol. The maximum absolute atomic E-state index is 13.2. The molecule has 24 heavy (non-hydrogen) atoms. The number of rotatable bonds is 3. The molecule has 0 bridgehead atoms. The lowest BCUT2D eigenvalue weighted by atomic mass is 9.99. The van der Waals surface area contributed by atoms with Gasteiger partial charge in [0.15, 0.2) is 9.84 Å². The molecule has 3 rings (SSSR count). The lowest BCUT2D eigenvalue weighted by Gasteiger charge is -2.08. The van der Waals surface area contributed by atoms with Crippen LogP contribution in [-0.4, -0.2) is 14.7 Å². The largest absolute Gasteiger partial charge is 0.224 e. The van der Waals surface area contributed by atoms with Gasteiger partial charge in [-0.05, 0) is 35.4 Å². The van der Waals surface area contributed by atoms with Crippen molar-refractivity contribution in [1.82, 2.24) is 0 Å². The number of sulfone groups is 1. The molecule has 0 unspecified atom stereocenters. The third-order valence-electron chi connectivity index (χ3n) is 3.53. The Morgan fingerprint density at radius 2 is 1.25 bits per heavy atom. The van der Waals surface area contributed by atoms with E-state index in [2.05, 4.69) is 0 Å². The highest BCUT2D eigenvalue weighted by Gasteiger charge is 2.19. The summed E-state index contributed by atoms with van der Waals surface area (Å²) in [5.74, 6) is -0.338. The summed E-state index contributed by atoms with van der Waals surface area (Å²) in [6, 6.07) is 12.4. The van der Waals surface area contributed by atoms with Crippen LogP contribution in [0.4, 0.5) is 4.39 Å². The zero-order valence-electron chi connectivity index (χ0n) is 12.4. The minimum absolute atomic E-state index is 0.229. The Morgan fingerprint density at radius 1 is 0.833 bits per heavy atom. The molecule has 0 atom stereocenters. The zero-order valence-corrected chi connectivity index (χ0v) is 15.5. The first-order chi connectivity index (χ1) is 11.3. The molecule has 7 heteroatoms. The molecule has 1 heterocycles. The van der Waals surface area contributed by atoms with Crippen LogP contribution in [0.15, 0.2) is 53.4 Å². The average molecular weight is 401 g/mol. The lowest BCUT2D eigenvalue weighted by Crippen LogP contribution is -1.96. The topological polar surface area (TPSA) is 34.1 Å². The maximum Gasteiger partial charge on any atom is 0.175 e. The van der Waals surface area contributed by atoms with Crippen molar-refractivity contribution in [2.75, 3.05) is 6.26 Å². The molecule has 2 aromatic carbocycles. The summed E-state index contributed by atoms with van der Waals surface area (Å²) in [4.78, 5) is 0.229. The van der Waals surface area contributed by atoms with E-state index in [0.29, 0.717) is 19.8 Å². The summed E-state index contributed by atoms with van der Waals surface area (Å²) in [6.45, 7) is 0. The molecule has 2 nitrogen and oxygen atoms in total. The van der Waals surface area contributed by atoms with E-state index in [0.717, 1.165) is 17.4 Å². The predicted molar refractivity (Wildman–Crippen MR) is 98.3 cm³/mol. The van der Waals surface area contributed by atoms with Crippen LogP contribution in [0.2, 0.25) is 8.67 Å². The first-order valence-electron chi connectivity index (χ1n) is 6.81. The van der Waals surface area contributed by atoms with Crippen molar-refractivity contribution in [3.8, 4) is 22.3 Å². The van der Waals surface area contributed by atoms with Crippen LogP contribution in [0.1, 0.15) is 0 Å². The van der Waals surface area contributed by atoms with Crippen molar-refractivity contribution in [1.29, 1.82) is 0 Å². The van der Waals surface area contributed by atoms with E-state index in [-0.39, 0.29) is 10.7 Å². The minimum Gasteiger partial charge on any atom is -0.224 e. The van der Waals surface area contributed by atoms with E-state index in [1.807, 2.05) is 0 Å². The van der Waals surface area contributed by atoms with E-state index >= 15 is 0 Å². The third-order valence-corrected chi connectivity index (χ3v) is 6.26. The van der Waals surface area contributed by atoms with E-state index < -0.39 is 9.84 Å². The van der Waals surface area contributed by atoms with Crippen molar-refractivity contribution in [3.05, 3.63) is 63.0 Å². The minimum atomic E-state index is -3.27. The molecule has 0 saturated carbocycles. The maximum atomic E-state index is 13.2.